The molecule has 0 fully saturated rings. The highest BCUT2D eigenvalue weighted by Crippen LogP contribution is 2.23. The average Bonchev–Trinajstić information content (AvgIpc) is 3.11. The van der Waals surface area contributed by atoms with Gasteiger partial charge in [0.2, 0.25) is 0 Å². The second-order valence-corrected chi connectivity index (χ2v) is 6.69. The van der Waals surface area contributed by atoms with E-state index >= 15 is 0 Å². The summed E-state index contributed by atoms with van der Waals surface area (Å²) in [4.78, 5) is 24.8. The van der Waals surface area contributed by atoms with E-state index in [4.69, 9.17) is 0 Å². The maximum atomic E-state index is 12.6. The van der Waals surface area contributed by atoms with Gasteiger partial charge in [0.15, 0.2) is 0 Å². The molecule has 0 spiro atoms. The SMILES string of the molecule is Cc1ccc(-n2nc3ccc(NC(=O)c4cccc([N+](=O)[O-])c4C)cc3n2)cc1. The van der Waals surface area contributed by atoms with E-state index in [0.29, 0.717) is 22.3 Å². The van der Waals surface area contributed by atoms with Gasteiger partial charge < -0.3 is 5.32 Å². The summed E-state index contributed by atoms with van der Waals surface area (Å²) in [5.41, 5.74) is 4.31. The molecule has 4 aromatic rings. The third-order valence-corrected chi connectivity index (χ3v) is 4.65. The van der Waals surface area contributed by atoms with E-state index in [2.05, 4.69) is 15.5 Å². The number of nitrogens with zero attached hydrogens (tertiary/aromatic N) is 4. The molecule has 0 radical (unpaired) electrons. The van der Waals surface area contributed by atoms with Gasteiger partial charge in [-0.15, -0.1) is 10.2 Å². The summed E-state index contributed by atoms with van der Waals surface area (Å²) < 4.78 is 0. The van der Waals surface area contributed by atoms with Crippen molar-refractivity contribution < 1.29 is 9.72 Å². The van der Waals surface area contributed by atoms with Gasteiger partial charge in [-0.2, -0.15) is 4.80 Å². The van der Waals surface area contributed by atoms with Gasteiger partial charge in [0, 0.05) is 22.9 Å². The predicted octanol–water partition coefficient (Wildman–Crippen LogP) is 4.20. The number of aryl methyl sites for hydroxylation is 1. The number of fused-ring (bicyclic) bond motifs is 1. The normalized spacial score (nSPS) is 10.8. The van der Waals surface area contributed by atoms with Gasteiger partial charge in [0.05, 0.1) is 10.6 Å². The van der Waals surface area contributed by atoms with Crippen molar-refractivity contribution in [1.29, 1.82) is 0 Å². The van der Waals surface area contributed by atoms with E-state index in [1.807, 2.05) is 31.2 Å². The Bertz CT molecular complexity index is 1250. The fraction of sp³-hybridized carbons (Fsp3) is 0.0952. The van der Waals surface area contributed by atoms with Gasteiger partial charge in [0.25, 0.3) is 11.6 Å². The minimum Gasteiger partial charge on any atom is -0.322 e. The summed E-state index contributed by atoms with van der Waals surface area (Å²) in [6.45, 7) is 3.57. The number of nitrogens with one attached hydrogen (secondary N) is 1. The fourth-order valence-electron chi connectivity index (χ4n) is 3.05. The Labute approximate surface area is 165 Å². The zero-order chi connectivity index (χ0) is 20.5. The first-order chi connectivity index (χ1) is 13.9. The Morgan fingerprint density at radius 1 is 1.00 bits per heavy atom. The van der Waals surface area contributed by atoms with Crippen LogP contribution >= 0.6 is 0 Å². The van der Waals surface area contributed by atoms with E-state index in [-0.39, 0.29) is 11.3 Å². The smallest absolute Gasteiger partial charge is 0.273 e. The molecule has 0 aliphatic carbocycles. The average molecular weight is 387 g/mol. The molecule has 144 valence electrons. The molecule has 1 heterocycles. The largest absolute Gasteiger partial charge is 0.322 e. The quantitative estimate of drug-likeness (QED) is 0.418. The molecular weight excluding hydrogens is 370 g/mol. The van der Waals surface area contributed by atoms with E-state index in [1.54, 1.807) is 36.0 Å². The lowest BCUT2D eigenvalue weighted by atomic mass is 10.1. The molecule has 8 nitrogen and oxygen atoms in total. The van der Waals surface area contributed by atoms with Gasteiger partial charge in [-0.1, -0.05) is 23.8 Å². The van der Waals surface area contributed by atoms with Crippen molar-refractivity contribution in [2.45, 2.75) is 13.8 Å². The van der Waals surface area contributed by atoms with Crippen molar-refractivity contribution in [1.82, 2.24) is 15.0 Å². The first kappa shape index (κ1) is 18.3. The third-order valence-electron chi connectivity index (χ3n) is 4.65. The Balaban J connectivity index is 1.62. The maximum absolute atomic E-state index is 12.6. The minimum atomic E-state index is -0.498. The topological polar surface area (TPSA) is 103 Å². The van der Waals surface area contributed by atoms with Crippen LogP contribution in [0.5, 0.6) is 0 Å². The highest BCUT2D eigenvalue weighted by molar-refractivity contribution is 6.06. The molecule has 1 amide bonds. The molecule has 0 atom stereocenters. The molecular formula is C21H17N5O3. The van der Waals surface area contributed by atoms with Crippen molar-refractivity contribution in [2.75, 3.05) is 5.32 Å². The van der Waals surface area contributed by atoms with Crippen LogP contribution in [0.15, 0.2) is 60.7 Å². The molecule has 0 aliphatic heterocycles. The first-order valence-corrected chi connectivity index (χ1v) is 8.92. The predicted molar refractivity (Wildman–Crippen MR) is 109 cm³/mol. The summed E-state index contributed by atoms with van der Waals surface area (Å²) in [5.74, 6) is -0.420. The standard InChI is InChI=1S/C21H17N5O3/c1-13-6-9-16(10-7-13)25-23-18-11-8-15(12-19(18)24-25)22-21(27)17-4-3-5-20(14(17)2)26(28)29/h3-12H,1-2H3,(H,22,27). The van der Waals surface area contributed by atoms with Crippen LogP contribution < -0.4 is 5.32 Å². The highest BCUT2D eigenvalue weighted by Gasteiger charge is 2.18. The molecule has 1 N–H and O–H groups in total. The number of carbonyl (C=O) groups excluding carboxylic acids is 1. The Hall–Kier alpha value is -4.07. The zero-order valence-corrected chi connectivity index (χ0v) is 15.8. The lowest BCUT2D eigenvalue weighted by molar-refractivity contribution is -0.385. The van der Waals surface area contributed by atoms with Crippen LogP contribution in [0.1, 0.15) is 21.5 Å². The third kappa shape index (κ3) is 3.55. The Morgan fingerprint density at radius 2 is 1.72 bits per heavy atom. The molecule has 0 saturated carbocycles. The number of nitro groups is 1. The maximum Gasteiger partial charge on any atom is 0.273 e. The first-order valence-electron chi connectivity index (χ1n) is 8.92. The summed E-state index contributed by atoms with van der Waals surface area (Å²) in [6.07, 6.45) is 0. The molecule has 0 bridgehead atoms. The second kappa shape index (κ2) is 7.16. The molecule has 4 rings (SSSR count). The molecule has 0 unspecified atom stereocenters. The summed E-state index contributed by atoms with van der Waals surface area (Å²) in [6, 6.07) is 17.5. The van der Waals surface area contributed by atoms with Gasteiger partial charge in [0.1, 0.15) is 11.0 Å². The lowest BCUT2D eigenvalue weighted by Crippen LogP contribution is -2.14. The van der Waals surface area contributed by atoms with Gasteiger partial charge in [-0.25, -0.2) is 0 Å². The molecule has 8 heteroatoms. The van der Waals surface area contributed by atoms with Gasteiger partial charge in [-0.3, -0.25) is 14.9 Å². The fourth-order valence-corrected chi connectivity index (χ4v) is 3.05. The Kier molecular flexibility index (Phi) is 4.52. The number of rotatable bonds is 4. The van der Waals surface area contributed by atoms with Crippen molar-refractivity contribution in [3.8, 4) is 5.69 Å². The van der Waals surface area contributed by atoms with Crippen LogP contribution in [0.4, 0.5) is 11.4 Å². The van der Waals surface area contributed by atoms with E-state index in [1.165, 1.54) is 12.1 Å². The lowest BCUT2D eigenvalue weighted by Gasteiger charge is -2.07. The summed E-state index contributed by atoms with van der Waals surface area (Å²) in [7, 11) is 0. The van der Waals surface area contributed by atoms with Crippen LogP contribution in [0, 0.1) is 24.0 Å². The molecule has 3 aromatic carbocycles. The van der Waals surface area contributed by atoms with E-state index in [0.717, 1.165) is 11.3 Å². The van der Waals surface area contributed by atoms with Crippen molar-refractivity contribution in [3.05, 3.63) is 87.5 Å². The van der Waals surface area contributed by atoms with Crippen LogP contribution in [-0.2, 0) is 0 Å². The monoisotopic (exact) mass is 387 g/mol. The number of nitro benzene ring substituents is 1. The summed E-state index contributed by atoms with van der Waals surface area (Å²) >= 11 is 0. The minimum absolute atomic E-state index is 0.0888. The number of aromatic nitrogens is 3. The number of hydrogen-bond acceptors (Lipinski definition) is 5. The number of carbonyl (C=O) groups is 1. The molecule has 29 heavy (non-hydrogen) atoms. The number of amides is 1. The van der Waals surface area contributed by atoms with Crippen LogP contribution in [0.25, 0.3) is 16.7 Å². The molecule has 0 saturated heterocycles. The Morgan fingerprint density at radius 3 is 2.45 bits per heavy atom. The van der Waals surface area contributed by atoms with Crippen molar-refractivity contribution >= 4 is 28.3 Å². The van der Waals surface area contributed by atoms with Gasteiger partial charge >= 0.3 is 0 Å². The highest BCUT2D eigenvalue weighted by atomic mass is 16.6. The molecule has 1 aromatic heterocycles. The van der Waals surface area contributed by atoms with Crippen LogP contribution in [-0.4, -0.2) is 25.8 Å². The number of hydrogen-bond donors (Lipinski definition) is 1. The molecule has 0 aliphatic rings. The van der Waals surface area contributed by atoms with E-state index < -0.39 is 10.8 Å². The van der Waals surface area contributed by atoms with Crippen LogP contribution in [0.2, 0.25) is 0 Å². The van der Waals surface area contributed by atoms with Crippen LogP contribution in [0.3, 0.4) is 0 Å². The van der Waals surface area contributed by atoms with Crippen molar-refractivity contribution in [2.24, 2.45) is 0 Å². The van der Waals surface area contributed by atoms with E-state index in [9.17, 15) is 14.9 Å². The second-order valence-electron chi connectivity index (χ2n) is 6.69. The number of benzene rings is 3. The number of anilines is 1. The summed E-state index contributed by atoms with van der Waals surface area (Å²) in [5, 5.41) is 22.8. The van der Waals surface area contributed by atoms with Crippen molar-refractivity contribution in [3.63, 3.8) is 0 Å². The van der Waals surface area contributed by atoms with Gasteiger partial charge in [-0.05, 0) is 50.2 Å². The zero-order valence-electron chi connectivity index (χ0n) is 15.8.